The van der Waals surface area contributed by atoms with Crippen molar-refractivity contribution in [1.29, 1.82) is 0 Å². The van der Waals surface area contributed by atoms with Gasteiger partial charge in [-0.1, -0.05) is 0 Å². The van der Waals surface area contributed by atoms with E-state index < -0.39 is 16.7 Å². The lowest BCUT2D eigenvalue weighted by Gasteiger charge is -2.07. The van der Waals surface area contributed by atoms with Gasteiger partial charge in [0.2, 0.25) is 5.91 Å². The Labute approximate surface area is 165 Å². The average molecular weight is 395 g/mol. The number of aromatic nitrogens is 2. The highest BCUT2D eigenvalue weighted by Gasteiger charge is 2.12. The van der Waals surface area contributed by atoms with E-state index in [1.807, 2.05) is 0 Å². The van der Waals surface area contributed by atoms with Crippen LogP contribution in [0.3, 0.4) is 0 Å². The third kappa shape index (κ3) is 5.16. The van der Waals surface area contributed by atoms with Gasteiger partial charge in [-0.05, 0) is 42.5 Å². The zero-order valence-corrected chi connectivity index (χ0v) is 15.1. The predicted octanol–water partition coefficient (Wildman–Crippen LogP) is 2.29. The fourth-order valence-electron chi connectivity index (χ4n) is 2.42. The maximum atomic E-state index is 12.4. The molecule has 0 bridgehead atoms. The molecule has 2 amide bonds. The number of nitro groups is 1. The molecule has 148 valence electrons. The summed E-state index contributed by atoms with van der Waals surface area (Å²) >= 11 is 0. The minimum Gasteiger partial charge on any atom is -0.493 e. The van der Waals surface area contributed by atoms with Crippen LogP contribution in [0.1, 0.15) is 16.9 Å². The first-order chi connectivity index (χ1) is 13.9. The number of nitrogens with one attached hydrogen (secondary N) is 1. The fourth-order valence-corrected chi connectivity index (χ4v) is 2.42. The predicted molar refractivity (Wildman–Crippen MR) is 104 cm³/mol. The molecule has 0 unspecified atom stereocenters. The Balaban J connectivity index is 1.61. The maximum Gasteiger partial charge on any atom is 0.276 e. The standard InChI is InChI=1S/C19H17N5O5/c20-18(25)10-12-29-16-7-1-13(2-8-16)21-19(26)17-9-11-23(22-17)14-3-5-15(6-4-14)24(27)28/h1-9,11H,10,12H2,(H2,20,25)(H,21,26). The minimum atomic E-state index is -0.486. The number of carbonyl (C=O) groups excluding carboxylic acids is 2. The number of benzene rings is 2. The number of rotatable bonds is 8. The molecule has 0 atom stereocenters. The molecule has 1 heterocycles. The van der Waals surface area contributed by atoms with Crippen molar-refractivity contribution in [3.05, 3.63) is 76.6 Å². The molecule has 0 saturated carbocycles. The first-order valence-electron chi connectivity index (χ1n) is 8.55. The first kappa shape index (κ1) is 19.5. The Bertz CT molecular complexity index is 1030. The zero-order chi connectivity index (χ0) is 20.8. The summed E-state index contributed by atoms with van der Waals surface area (Å²) < 4.78 is 6.82. The smallest absolute Gasteiger partial charge is 0.276 e. The number of primary amides is 1. The number of hydrogen-bond acceptors (Lipinski definition) is 6. The van der Waals surface area contributed by atoms with Crippen LogP contribution in [0.25, 0.3) is 5.69 Å². The van der Waals surface area contributed by atoms with Gasteiger partial charge in [-0.2, -0.15) is 5.10 Å². The highest BCUT2D eigenvalue weighted by molar-refractivity contribution is 6.02. The van der Waals surface area contributed by atoms with E-state index in [0.717, 1.165) is 0 Å². The molecule has 2 aromatic carbocycles. The summed E-state index contributed by atoms with van der Waals surface area (Å²) in [5.74, 6) is -0.304. The van der Waals surface area contributed by atoms with Crippen LogP contribution < -0.4 is 15.8 Å². The Morgan fingerprint density at radius 1 is 1.10 bits per heavy atom. The van der Waals surface area contributed by atoms with Crippen LogP contribution in [0.2, 0.25) is 0 Å². The first-order valence-corrected chi connectivity index (χ1v) is 8.55. The molecule has 10 nitrogen and oxygen atoms in total. The van der Waals surface area contributed by atoms with Gasteiger partial charge in [-0.15, -0.1) is 0 Å². The Morgan fingerprint density at radius 2 is 1.79 bits per heavy atom. The van der Waals surface area contributed by atoms with E-state index in [9.17, 15) is 19.7 Å². The normalized spacial score (nSPS) is 10.3. The number of anilines is 1. The van der Waals surface area contributed by atoms with Crippen LogP contribution in [0.15, 0.2) is 60.8 Å². The van der Waals surface area contributed by atoms with Gasteiger partial charge in [0, 0.05) is 24.0 Å². The summed E-state index contributed by atoms with van der Waals surface area (Å²) in [6, 6.07) is 14.0. The van der Waals surface area contributed by atoms with Gasteiger partial charge >= 0.3 is 0 Å². The molecule has 3 N–H and O–H groups in total. The van der Waals surface area contributed by atoms with Crippen molar-refractivity contribution in [1.82, 2.24) is 9.78 Å². The van der Waals surface area contributed by atoms with Gasteiger partial charge in [0.05, 0.1) is 23.6 Å². The molecule has 3 aromatic rings. The molecule has 0 fully saturated rings. The maximum absolute atomic E-state index is 12.4. The number of carbonyl (C=O) groups is 2. The summed E-state index contributed by atoms with van der Waals surface area (Å²) in [5.41, 5.74) is 6.34. The number of nitrogens with zero attached hydrogens (tertiary/aromatic N) is 3. The van der Waals surface area contributed by atoms with E-state index in [-0.39, 0.29) is 24.4 Å². The Morgan fingerprint density at radius 3 is 2.41 bits per heavy atom. The third-order valence-corrected chi connectivity index (χ3v) is 3.88. The summed E-state index contributed by atoms with van der Waals surface area (Å²) in [7, 11) is 0. The molecule has 10 heteroatoms. The Hall–Kier alpha value is -4.21. The van der Waals surface area contributed by atoms with Gasteiger partial charge in [-0.25, -0.2) is 4.68 Å². The van der Waals surface area contributed by atoms with Crippen molar-refractivity contribution < 1.29 is 19.2 Å². The van der Waals surface area contributed by atoms with E-state index in [2.05, 4.69) is 10.4 Å². The van der Waals surface area contributed by atoms with Crippen molar-refractivity contribution >= 4 is 23.2 Å². The fraction of sp³-hybridized carbons (Fsp3) is 0.105. The topological polar surface area (TPSA) is 142 Å². The number of nitrogens with two attached hydrogens (primary N) is 1. The average Bonchev–Trinajstić information content (AvgIpc) is 3.19. The molecule has 0 spiro atoms. The van der Waals surface area contributed by atoms with Gasteiger partial charge < -0.3 is 15.8 Å². The second-order valence-corrected chi connectivity index (χ2v) is 5.96. The highest BCUT2D eigenvalue weighted by atomic mass is 16.6. The van der Waals surface area contributed by atoms with E-state index in [1.54, 1.807) is 42.6 Å². The molecular weight excluding hydrogens is 378 g/mol. The number of hydrogen-bond donors (Lipinski definition) is 2. The van der Waals surface area contributed by atoms with Crippen molar-refractivity contribution in [2.24, 2.45) is 5.73 Å². The van der Waals surface area contributed by atoms with Crippen LogP contribution in [0.5, 0.6) is 5.75 Å². The van der Waals surface area contributed by atoms with Crippen molar-refractivity contribution in [3.8, 4) is 11.4 Å². The summed E-state index contributed by atoms with van der Waals surface area (Å²) in [6.45, 7) is 0.182. The van der Waals surface area contributed by atoms with E-state index in [4.69, 9.17) is 10.5 Å². The molecular formula is C19H17N5O5. The quantitative estimate of drug-likeness (QED) is 0.442. The molecule has 29 heavy (non-hydrogen) atoms. The van der Waals surface area contributed by atoms with Crippen LogP contribution in [-0.4, -0.2) is 33.1 Å². The van der Waals surface area contributed by atoms with Gasteiger partial charge in [0.25, 0.3) is 11.6 Å². The number of nitro benzene ring substituents is 1. The van der Waals surface area contributed by atoms with Crippen LogP contribution in [0, 0.1) is 10.1 Å². The van der Waals surface area contributed by atoms with Gasteiger partial charge in [-0.3, -0.25) is 19.7 Å². The zero-order valence-electron chi connectivity index (χ0n) is 15.1. The molecule has 0 aliphatic heterocycles. The molecule has 0 aliphatic carbocycles. The van der Waals surface area contributed by atoms with Crippen molar-refractivity contribution in [2.45, 2.75) is 6.42 Å². The minimum absolute atomic E-state index is 0.0269. The number of amides is 2. The molecule has 0 saturated heterocycles. The SMILES string of the molecule is NC(=O)CCOc1ccc(NC(=O)c2ccn(-c3ccc([N+](=O)[O-])cc3)n2)cc1. The van der Waals surface area contributed by atoms with Crippen LogP contribution in [-0.2, 0) is 4.79 Å². The van der Waals surface area contributed by atoms with Crippen molar-refractivity contribution in [2.75, 3.05) is 11.9 Å². The van der Waals surface area contributed by atoms with Crippen molar-refractivity contribution in [3.63, 3.8) is 0 Å². The van der Waals surface area contributed by atoms with Crippen LogP contribution >= 0.6 is 0 Å². The lowest BCUT2D eigenvalue weighted by atomic mass is 10.3. The summed E-state index contributed by atoms with van der Waals surface area (Å²) in [6.07, 6.45) is 1.71. The second kappa shape index (κ2) is 8.65. The largest absolute Gasteiger partial charge is 0.493 e. The summed E-state index contributed by atoms with van der Waals surface area (Å²) in [4.78, 5) is 33.3. The number of non-ortho nitro benzene ring substituents is 1. The van der Waals surface area contributed by atoms with Crippen LogP contribution in [0.4, 0.5) is 11.4 Å². The lowest BCUT2D eigenvalue weighted by Crippen LogP contribution is -2.14. The molecule has 3 rings (SSSR count). The molecule has 0 aliphatic rings. The summed E-state index contributed by atoms with van der Waals surface area (Å²) in [5, 5.41) is 17.6. The molecule has 0 radical (unpaired) electrons. The monoisotopic (exact) mass is 395 g/mol. The Kier molecular flexibility index (Phi) is 5.83. The van der Waals surface area contributed by atoms with Gasteiger partial charge in [0.15, 0.2) is 5.69 Å². The second-order valence-electron chi connectivity index (χ2n) is 5.96. The third-order valence-electron chi connectivity index (χ3n) is 3.88. The van der Waals surface area contributed by atoms with E-state index >= 15 is 0 Å². The molecule has 1 aromatic heterocycles. The lowest BCUT2D eigenvalue weighted by molar-refractivity contribution is -0.384. The van der Waals surface area contributed by atoms with E-state index in [1.165, 1.54) is 22.9 Å². The number of ether oxygens (including phenoxy) is 1. The van der Waals surface area contributed by atoms with E-state index in [0.29, 0.717) is 17.1 Å². The highest BCUT2D eigenvalue weighted by Crippen LogP contribution is 2.18. The van der Waals surface area contributed by atoms with Gasteiger partial charge in [0.1, 0.15) is 5.75 Å².